The van der Waals surface area contributed by atoms with E-state index in [9.17, 15) is 0 Å². The van der Waals surface area contributed by atoms with Crippen molar-refractivity contribution in [2.45, 2.75) is 46.1 Å². The lowest BCUT2D eigenvalue weighted by molar-refractivity contribution is 0.147. The van der Waals surface area contributed by atoms with Crippen LogP contribution in [0.1, 0.15) is 42.5 Å². The number of aromatic nitrogens is 2. The van der Waals surface area contributed by atoms with E-state index >= 15 is 0 Å². The fraction of sp³-hybridized carbons (Fsp3) is 0.591. The number of likely N-dealkylation sites (tertiary alicyclic amines) is 1. The molecule has 1 saturated heterocycles. The normalized spacial score (nSPS) is 18.5. The van der Waals surface area contributed by atoms with Crippen LogP contribution < -0.4 is 0 Å². The van der Waals surface area contributed by atoms with Gasteiger partial charge in [-0.2, -0.15) is 0 Å². The SMILES string of the molecule is CCc1nc(CN(CCc2ccccc2)CC2CCCN(C)C2)c(C)[nH]1. The van der Waals surface area contributed by atoms with E-state index in [0.29, 0.717) is 0 Å². The molecular formula is C22H34N4. The molecule has 1 atom stereocenters. The third kappa shape index (κ3) is 5.42. The highest BCUT2D eigenvalue weighted by Gasteiger charge is 2.21. The first-order valence-corrected chi connectivity index (χ1v) is 10.1. The molecule has 2 aromatic rings. The molecule has 1 aromatic heterocycles. The largest absolute Gasteiger partial charge is 0.346 e. The first-order valence-electron chi connectivity index (χ1n) is 10.1. The molecule has 26 heavy (non-hydrogen) atoms. The summed E-state index contributed by atoms with van der Waals surface area (Å²) in [6.45, 7) is 10.0. The Kier molecular flexibility index (Phi) is 6.86. The lowest BCUT2D eigenvalue weighted by atomic mass is 9.97. The summed E-state index contributed by atoms with van der Waals surface area (Å²) in [4.78, 5) is 13.4. The van der Waals surface area contributed by atoms with Crippen LogP contribution in [-0.2, 0) is 19.4 Å². The van der Waals surface area contributed by atoms with Gasteiger partial charge >= 0.3 is 0 Å². The van der Waals surface area contributed by atoms with Gasteiger partial charge in [0.25, 0.3) is 0 Å². The summed E-state index contributed by atoms with van der Waals surface area (Å²) >= 11 is 0. The van der Waals surface area contributed by atoms with E-state index in [1.807, 2.05) is 0 Å². The van der Waals surface area contributed by atoms with Gasteiger partial charge in [-0.3, -0.25) is 4.90 Å². The monoisotopic (exact) mass is 354 g/mol. The Hall–Kier alpha value is -1.65. The number of hydrogen-bond donors (Lipinski definition) is 1. The van der Waals surface area contributed by atoms with Gasteiger partial charge in [-0.15, -0.1) is 0 Å². The van der Waals surface area contributed by atoms with Crippen LogP contribution in [0.5, 0.6) is 0 Å². The van der Waals surface area contributed by atoms with Crippen molar-refractivity contribution < 1.29 is 0 Å². The fourth-order valence-electron chi connectivity index (χ4n) is 4.05. The second-order valence-electron chi connectivity index (χ2n) is 7.85. The first kappa shape index (κ1) is 19.1. The zero-order chi connectivity index (χ0) is 18.4. The summed E-state index contributed by atoms with van der Waals surface area (Å²) in [6, 6.07) is 10.9. The Balaban J connectivity index is 1.66. The predicted molar refractivity (Wildman–Crippen MR) is 108 cm³/mol. The van der Waals surface area contributed by atoms with Gasteiger partial charge in [0.1, 0.15) is 5.82 Å². The van der Waals surface area contributed by atoms with Gasteiger partial charge in [-0.25, -0.2) is 4.98 Å². The highest BCUT2D eigenvalue weighted by Crippen LogP contribution is 2.19. The molecule has 2 heterocycles. The zero-order valence-corrected chi connectivity index (χ0v) is 16.7. The van der Waals surface area contributed by atoms with Gasteiger partial charge in [-0.05, 0) is 51.3 Å². The van der Waals surface area contributed by atoms with E-state index in [0.717, 1.165) is 37.7 Å². The van der Waals surface area contributed by atoms with E-state index in [1.54, 1.807) is 0 Å². The molecule has 1 N–H and O–H groups in total. The Labute approximate surface area is 158 Å². The minimum Gasteiger partial charge on any atom is -0.346 e. The van der Waals surface area contributed by atoms with E-state index < -0.39 is 0 Å². The molecule has 0 saturated carbocycles. The van der Waals surface area contributed by atoms with Crippen molar-refractivity contribution in [3.05, 3.63) is 53.1 Å². The molecule has 0 spiro atoms. The average Bonchev–Trinajstić information content (AvgIpc) is 3.00. The van der Waals surface area contributed by atoms with Gasteiger partial charge in [0, 0.05) is 38.3 Å². The van der Waals surface area contributed by atoms with Crippen LogP contribution in [0, 0.1) is 12.8 Å². The molecule has 0 amide bonds. The van der Waals surface area contributed by atoms with Gasteiger partial charge in [0.15, 0.2) is 0 Å². The molecule has 4 nitrogen and oxygen atoms in total. The van der Waals surface area contributed by atoms with Crippen molar-refractivity contribution in [3.63, 3.8) is 0 Å². The zero-order valence-electron chi connectivity index (χ0n) is 16.7. The molecule has 142 valence electrons. The standard InChI is InChI=1S/C22H34N4/c1-4-22-23-18(2)21(24-22)17-26(14-12-19-9-6-5-7-10-19)16-20-11-8-13-25(3)15-20/h5-7,9-10,20H,4,8,11-17H2,1-3H3,(H,23,24). The number of H-pyrrole nitrogens is 1. The third-order valence-corrected chi connectivity index (χ3v) is 5.54. The van der Waals surface area contributed by atoms with E-state index in [2.05, 4.69) is 66.0 Å². The molecule has 4 heteroatoms. The van der Waals surface area contributed by atoms with Crippen molar-refractivity contribution in [2.24, 2.45) is 5.92 Å². The summed E-state index contributed by atoms with van der Waals surface area (Å²) in [5, 5.41) is 0. The fourth-order valence-corrected chi connectivity index (χ4v) is 4.05. The van der Waals surface area contributed by atoms with E-state index in [4.69, 9.17) is 4.98 Å². The number of benzene rings is 1. The van der Waals surface area contributed by atoms with Gasteiger partial charge in [0.2, 0.25) is 0 Å². The maximum atomic E-state index is 4.82. The number of piperidine rings is 1. The van der Waals surface area contributed by atoms with Crippen molar-refractivity contribution in [3.8, 4) is 0 Å². The summed E-state index contributed by atoms with van der Waals surface area (Å²) in [7, 11) is 2.26. The van der Waals surface area contributed by atoms with Crippen LogP contribution in [0.4, 0.5) is 0 Å². The number of imidazole rings is 1. The summed E-state index contributed by atoms with van der Waals surface area (Å²) in [5.41, 5.74) is 3.87. The quantitative estimate of drug-likeness (QED) is 0.786. The molecule has 3 rings (SSSR count). The van der Waals surface area contributed by atoms with Crippen LogP contribution in [0.15, 0.2) is 30.3 Å². The second kappa shape index (κ2) is 9.33. The number of aromatic amines is 1. The molecule has 1 aliphatic rings. The maximum absolute atomic E-state index is 4.82. The number of aryl methyl sites for hydroxylation is 2. The number of nitrogens with one attached hydrogen (secondary N) is 1. The van der Waals surface area contributed by atoms with Gasteiger partial charge in [-0.1, -0.05) is 37.3 Å². The molecule has 1 unspecified atom stereocenters. The lowest BCUT2D eigenvalue weighted by Gasteiger charge is -2.33. The molecule has 1 aliphatic heterocycles. The molecule has 0 radical (unpaired) electrons. The van der Waals surface area contributed by atoms with E-state index in [-0.39, 0.29) is 0 Å². The average molecular weight is 355 g/mol. The summed E-state index contributed by atoms with van der Waals surface area (Å²) in [5.74, 6) is 1.88. The van der Waals surface area contributed by atoms with Crippen molar-refractivity contribution >= 4 is 0 Å². The molecule has 0 aliphatic carbocycles. The molecule has 1 aromatic carbocycles. The van der Waals surface area contributed by atoms with Crippen molar-refractivity contribution in [1.82, 2.24) is 19.8 Å². The van der Waals surface area contributed by atoms with Gasteiger partial charge < -0.3 is 9.88 Å². The number of rotatable bonds is 8. The predicted octanol–water partition coefficient (Wildman–Crippen LogP) is 3.67. The highest BCUT2D eigenvalue weighted by molar-refractivity contribution is 5.16. The number of nitrogens with zero attached hydrogens (tertiary/aromatic N) is 3. The van der Waals surface area contributed by atoms with Crippen LogP contribution in [0.3, 0.4) is 0 Å². The smallest absolute Gasteiger partial charge is 0.106 e. The van der Waals surface area contributed by atoms with E-state index in [1.165, 1.54) is 49.4 Å². The first-order chi connectivity index (χ1) is 12.6. The Morgan fingerprint density at radius 3 is 2.77 bits per heavy atom. The van der Waals surface area contributed by atoms with Crippen LogP contribution in [0.2, 0.25) is 0 Å². The molecular weight excluding hydrogens is 320 g/mol. The Bertz CT molecular complexity index is 664. The Morgan fingerprint density at radius 2 is 2.08 bits per heavy atom. The number of hydrogen-bond acceptors (Lipinski definition) is 3. The van der Waals surface area contributed by atoms with Crippen LogP contribution in [-0.4, -0.2) is 53.0 Å². The minimum atomic E-state index is 0.773. The minimum absolute atomic E-state index is 0.773. The molecule has 1 fully saturated rings. The van der Waals surface area contributed by atoms with Gasteiger partial charge in [0.05, 0.1) is 5.69 Å². The maximum Gasteiger partial charge on any atom is 0.106 e. The lowest BCUT2D eigenvalue weighted by Crippen LogP contribution is -2.39. The third-order valence-electron chi connectivity index (χ3n) is 5.54. The highest BCUT2D eigenvalue weighted by atomic mass is 15.2. The van der Waals surface area contributed by atoms with Crippen LogP contribution >= 0.6 is 0 Å². The second-order valence-corrected chi connectivity index (χ2v) is 7.85. The van der Waals surface area contributed by atoms with Crippen molar-refractivity contribution in [1.29, 1.82) is 0 Å². The topological polar surface area (TPSA) is 35.2 Å². The summed E-state index contributed by atoms with van der Waals surface area (Å²) < 4.78 is 0. The Morgan fingerprint density at radius 1 is 1.27 bits per heavy atom. The summed E-state index contributed by atoms with van der Waals surface area (Å²) in [6.07, 6.45) is 4.76. The van der Waals surface area contributed by atoms with Crippen LogP contribution in [0.25, 0.3) is 0 Å². The van der Waals surface area contributed by atoms with Crippen molar-refractivity contribution in [2.75, 3.05) is 33.2 Å². The molecule has 0 bridgehead atoms.